The number of nitrogens with one attached hydrogen (secondary N) is 1. The molecule has 0 radical (unpaired) electrons. The van der Waals surface area contributed by atoms with Crippen LogP contribution in [0.15, 0.2) is 48.0 Å². The number of amides is 2. The van der Waals surface area contributed by atoms with Crippen LogP contribution in [0.4, 0.5) is 0 Å². The van der Waals surface area contributed by atoms with E-state index in [0.29, 0.717) is 0 Å². The van der Waals surface area contributed by atoms with E-state index in [9.17, 15) is 9.59 Å². The second-order valence-corrected chi connectivity index (χ2v) is 4.80. The van der Waals surface area contributed by atoms with Crippen LogP contribution in [0, 0.1) is 5.41 Å². The van der Waals surface area contributed by atoms with Crippen molar-refractivity contribution < 1.29 is 39.1 Å². The average Bonchev–Trinajstić information content (AvgIpc) is 2.37. The molecule has 0 bridgehead atoms. The monoisotopic (exact) mass is 296 g/mol. The molecule has 0 saturated carbocycles. The zero-order valence-corrected chi connectivity index (χ0v) is 14.1. The van der Waals surface area contributed by atoms with Gasteiger partial charge in [0.15, 0.2) is 0 Å². The molecular weight excluding hydrogens is 283 g/mol. The summed E-state index contributed by atoms with van der Waals surface area (Å²) in [6.07, 6.45) is 2.08. The van der Waals surface area contributed by atoms with Gasteiger partial charge in [0.25, 0.3) is 5.91 Å². The molecule has 0 fully saturated rings. The smallest absolute Gasteiger partial charge is 0.742 e. The standard InChI is InChI=1S/C14H14N2O2S.Na/c1-2-8-14(9-10-6-4-3-5-7-10)11(17)15-13(19)16-12(14)18;/h2-7H,1,8-9H2,(H2,15,16,17,18,19);/q;+1/p-1. The fourth-order valence-electron chi connectivity index (χ4n) is 2.14. The van der Waals surface area contributed by atoms with E-state index in [4.69, 9.17) is 12.6 Å². The predicted octanol–water partition coefficient (Wildman–Crippen LogP) is -1.65. The van der Waals surface area contributed by atoms with Crippen LogP contribution in [0.1, 0.15) is 12.0 Å². The van der Waals surface area contributed by atoms with Crippen molar-refractivity contribution in [2.24, 2.45) is 10.4 Å². The molecule has 20 heavy (non-hydrogen) atoms. The summed E-state index contributed by atoms with van der Waals surface area (Å²) in [6.45, 7) is 3.62. The first-order valence-corrected chi connectivity index (χ1v) is 6.26. The fourth-order valence-corrected chi connectivity index (χ4v) is 2.32. The van der Waals surface area contributed by atoms with Gasteiger partial charge >= 0.3 is 29.6 Å². The van der Waals surface area contributed by atoms with Gasteiger partial charge in [-0.15, -0.1) is 6.58 Å². The molecular formula is C14H13N2NaO2S. The molecule has 6 heteroatoms. The number of benzene rings is 1. The Bertz CT molecular complexity index is 560. The van der Waals surface area contributed by atoms with Gasteiger partial charge in [-0.3, -0.25) is 9.59 Å². The summed E-state index contributed by atoms with van der Waals surface area (Å²) < 4.78 is 0. The van der Waals surface area contributed by atoms with E-state index >= 15 is 0 Å². The third kappa shape index (κ3) is 3.35. The Morgan fingerprint density at radius 3 is 2.50 bits per heavy atom. The largest absolute Gasteiger partial charge is 1.00 e. The van der Waals surface area contributed by atoms with E-state index in [1.54, 1.807) is 6.08 Å². The number of aliphatic imine (C=N–C) groups is 1. The molecule has 1 heterocycles. The molecule has 0 saturated heterocycles. The summed E-state index contributed by atoms with van der Waals surface area (Å²) in [5, 5.41) is 2.40. The number of amidine groups is 1. The van der Waals surface area contributed by atoms with E-state index in [1.165, 1.54) is 0 Å². The third-order valence-corrected chi connectivity index (χ3v) is 3.30. The fraction of sp³-hybridized carbons (Fsp3) is 0.214. The molecule has 0 spiro atoms. The third-order valence-electron chi connectivity index (χ3n) is 3.11. The maximum atomic E-state index is 12.2. The minimum atomic E-state index is -1.23. The van der Waals surface area contributed by atoms with Gasteiger partial charge in [0, 0.05) is 0 Å². The molecule has 1 atom stereocenters. The summed E-state index contributed by atoms with van der Waals surface area (Å²) in [5.74, 6) is -0.897. The van der Waals surface area contributed by atoms with Gasteiger partial charge in [0.1, 0.15) is 5.41 Å². The number of hydrogen-bond acceptors (Lipinski definition) is 3. The number of carbonyl (C=O) groups excluding carboxylic acids is 2. The maximum absolute atomic E-state index is 12.2. The van der Waals surface area contributed by atoms with Crippen molar-refractivity contribution in [3.63, 3.8) is 0 Å². The van der Waals surface area contributed by atoms with Crippen molar-refractivity contribution in [3.8, 4) is 0 Å². The first-order valence-electron chi connectivity index (χ1n) is 5.85. The summed E-state index contributed by atoms with van der Waals surface area (Å²) in [5.41, 5.74) is -0.332. The van der Waals surface area contributed by atoms with Crippen LogP contribution in [0.3, 0.4) is 0 Å². The molecule has 1 aromatic carbocycles. The van der Waals surface area contributed by atoms with Crippen molar-refractivity contribution in [2.45, 2.75) is 12.8 Å². The molecule has 2 rings (SSSR count). The predicted molar refractivity (Wildman–Crippen MR) is 75.3 cm³/mol. The van der Waals surface area contributed by atoms with Crippen molar-refractivity contribution in [1.29, 1.82) is 0 Å². The Morgan fingerprint density at radius 1 is 1.30 bits per heavy atom. The van der Waals surface area contributed by atoms with Crippen molar-refractivity contribution >= 4 is 29.6 Å². The summed E-state index contributed by atoms with van der Waals surface area (Å²) in [4.78, 5) is 28.1. The molecule has 1 aliphatic rings. The molecule has 98 valence electrons. The molecule has 2 amide bonds. The molecule has 1 unspecified atom stereocenters. The molecule has 0 aromatic heterocycles. The molecule has 4 nitrogen and oxygen atoms in total. The van der Waals surface area contributed by atoms with Crippen LogP contribution in [0.5, 0.6) is 0 Å². The SMILES string of the molecule is C=CCC1(Cc2ccccc2)C(=O)N=C([S-])NC1=O.[Na+]. The quantitative estimate of drug-likeness (QED) is 0.314. The number of nitrogens with zero attached hydrogens (tertiary/aromatic N) is 1. The summed E-state index contributed by atoms with van der Waals surface area (Å²) in [7, 11) is 0. The minimum absolute atomic E-state index is 0. The minimum Gasteiger partial charge on any atom is -0.742 e. The van der Waals surface area contributed by atoms with Crippen LogP contribution < -0.4 is 34.9 Å². The molecule has 1 aromatic rings. The van der Waals surface area contributed by atoms with E-state index in [2.05, 4.69) is 16.9 Å². The maximum Gasteiger partial charge on any atom is 1.00 e. The van der Waals surface area contributed by atoms with Gasteiger partial charge in [-0.05, 0) is 23.6 Å². The van der Waals surface area contributed by atoms with Crippen LogP contribution in [0.2, 0.25) is 0 Å². The van der Waals surface area contributed by atoms with Crippen molar-refractivity contribution in [2.75, 3.05) is 0 Å². The first kappa shape index (κ1) is 17.0. The Labute approximate surface area is 145 Å². The van der Waals surface area contributed by atoms with Crippen molar-refractivity contribution in [1.82, 2.24) is 5.32 Å². The van der Waals surface area contributed by atoms with Gasteiger partial charge in [-0.1, -0.05) is 36.4 Å². The Balaban J connectivity index is 0.00000200. The van der Waals surface area contributed by atoms with Gasteiger partial charge in [-0.25, -0.2) is 4.99 Å². The molecule has 1 aliphatic heterocycles. The number of carbonyl (C=O) groups is 2. The Kier molecular flexibility index (Phi) is 6.07. The second-order valence-electron chi connectivity index (χ2n) is 4.41. The van der Waals surface area contributed by atoms with Crippen LogP contribution in [-0.4, -0.2) is 17.0 Å². The average molecular weight is 296 g/mol. The number of hydrogen-bond donors (Lipinski definition) is 1. The summed E-state index contributed by atoms with van der Waals surface area (Å²) >= 11 is 4.77. The van der Waals surface area contributed by atoms with Crippen LogP contribution in [0.25, 0.3) is 0 Å². The second kappa shape index (κ2) is 7.13. The Morgan fingerprint density at radius 2 is 1.95 bits per heavy atom. The number of allylic oxidation sites excluding steroid dienone is 1. The van der Waals surface area contributed by atoms with Crippen LogP contribution >= 0.6 is 0 Å². The van der Waals surface area contributed by atoms with Gasteiger partial charge in [0.2, 0.25) is 5.91 Å². The normalized spacial score (nSPS) is 21.5. The van der Waals surface area contributed by atoms with Gasteiger partial charge in [-0.2, -0.15) is 0 Å². The Hall–Kier alpha value is -1.01. The van der Waals surface area contributed by atoms with E-state index < -0.39 is 17.2 Å². The zero-order valence-electron chi connectivity index (χ0n) is 11.3. The summed E-state index contributed by atoms with van der Waals surface area (Å²) in [6, 6.07) is 9.36. The van der Waals surface area contributed by atoms with E-state index in [0.717, 1.165) is 5.56 Å². The molecule has 1 N–H and O–H groups in total. The topological polar surface area (TPSA) is 58.5 Å². The van der Waals surface area contributed by atoms with Crippen molar-refractivity contribution in [3.05, 3.63) is 48.6 Å². The zero-order chi connectivity index (χ0) is 13.9. The van der Waals surface area contributed by atoms with Gasteiger partial charge in [0.05, 0.1) is 0 Å². The number of rotatable bonds is 4. The van der Waals surface area contributed by atoms with E-state index in [-0.39, 0.29) is 47.6 Å². The van der Waals surface area contributed by atoms with Gasteiger partial charge < -0.3 is 17.9 Å². The molecule has 0 aliphatic carbocycles. The first-order chi connectivity index (χ1) is 9.08. The van der Waals surface area contributed by atoms with Crippen LogP contribution in [-0.2, 0) is 28.6 Å². The van der Waals surface area contributed by atoms with E-state index in [1.807, 2.05) is 30.3 Å².